The van der Waals surface area contributed by atoms with E-state index in [-0.39, 0.29) is 6.04 Å². The number of benzene rings is 1. The smallest absolute Gasteiger partial charge is 0.117 e. The highest BCUT2D eigenvalue weighted by atomic mass is 16.3. The summed E-state index contributed by atoms with van der Waals surface area (Å²) in [4.78, 5) is 4.53. The van der Waals surface area contributed by atoms with Gasteiger partial charge in [-0.2, -0.15) is 0 Å². The van der Waals surface area contributed by atoms with Gasteiger partial charge in [-0.05, 0) is 42.2 Å². The number of nitrogens with one attached hydrogen (secondary N) is 1. The second kappa shape index (κ2) is 6.62. The molecule has 24 heavy (non-hydrogen) atoms. The lowest BCUT2D eigenvalue weighted by Crippen LogP contribution is -2.22. The maximum absolute atomic E-state index is 6.02. The molecule has 0 spiro atoms. The van der Waals surface area contributed by atoms with Crippen LogP contribution in [0, 0.1) is 5.92 Å². The highest BCUT2D eigenvalue weighted by Crippen LogP contribution is 2.47. The predicted octanol–water partition coefficient (Wildman–Crippen LogP) is 4.68. The van der Waals surface area contributed by atoms with Gasteiger partial charge >= 0.3 is 0 Å². The molecule has 2 heterocycles. The van der Waals surface area contributed by atoms with Crippen LogP contribution < -0.4 is 5.32 Å². The Morgan fingerprint density at radius 2 is 1.88 bits per heavy atom. The molecule has 3 nitrogen and oxygen atoms in total. The van der Waals surface area contributed by atoms with E-state index in [9.17, 15) is 0 Å². The van der Waals surface area contributed by atoms with E-state index in [1.54, 1.807) is 0 Å². The fraction of sp³-hybridized carbons (Fsp3) is 0.286. The summed E-state index contributed by atoms with van der Waals surface area (Å²) < 4.78 is 6.02. The van der Waals surface area contributed by atoms with E-state index >= 15 is 0 Å². The fourth-order valence-electron chi connectivity index (χ4n) is 3.20. The third kappa shape index (κ3) is 3.26. The first kappa shape index (κ1) is 15.2. The lowest BCUT2D eigenvalue weighted by Gasteiger charge is -2.18. The molecule has 2 aromatic heterocycles. The molecule has 0 unspecified atom stereocenters. The van der Waals surface area contributed by atoms with Crippen molar-refractivity contribution in [2.24, 2.45) is 5.92 Å². The summed E-state index contributed by atoms with van der Waals surface area (Å²) in [6, 6.07) is 20.7. The standard InChI is InChI=1S/C21H22N2O/c1-15-13-18(15)20-11-10-17(24-20)14-23-21(16-7-3-2-4-8-16)19-9-5-6-12-22-19/h2-12,15,18,21,23H,13-14H2,1H3/t15-,18+,21+/m1/s1. The minimum absolute atomic E-state index is 0.0563. The highest BCUT2D eigenvalue weighted by Gasteiger charge is 2.36. The Balaban J connectivity index is 1.51. The van der Waals surface area contributed by atoms with Crippen molar-refractivity contribution >= 4 is 0 Å². The van der Waals surface area contributed by atoms with Crippen molar-refractivity contribution in [3.05, 3.63) is 89.6 Å². The van der Waals surface area contributed by atoms with Gasteiger partial charge in [0.25, 0.3) is 0 Å². The molecule has 1 aliphatic carbocycles. The Morgan fingerprint density at radius 1 is 1.08 bits per heavy atom. The van der Waals surface area contributed by atoms with Gasteiger partial charge in [0, 0.05) is 12.1 Å². The predicted molar refractivity (Wildman–Crippen MR) is 94.6 cm³/mol. The van der Waals surface area contributed by atoms with E-state index in [1.807, 2.05) is 24.4 Å². The van der Waals surface area contributed by atoms with E-state index in [4.69, 9.17) is 4.42 Å². The van der Waals surface area contributed by atoms with Gasteiger partial charge in [0.05, 0.1) is 18.3 Å². The number of rotatable bonds is 6. The molecule has 1 aliphatic rings. The quantitative estimate of drug-likeness (QED) is 0.717. The van der Waals surface area contributed by atoms with E-state index in [2.05, 4.69) is 59.7 Å². The Bertz CT molecular complexity index is 742. The molecule has 122 valence electrons. The number of hydrogen-bond donors (Lipinski definition) is 1. The molecule has 3 heteroatoms. The Kier molecular flexibility index (Phi) is 4.18. The molecule has 0 aliphatic heterocycles. The van der Waals surface area contributed by atoms with Crippen molar-refractivity contribution in [2.45, 2.75) is 31.8 Å². The molecule has 1 fully saturated rings. The van der Waals surface area contributed by atoms with Crippen molar-refractivity contribution in [3.63, 3.8) is 0 Å². The van der Waals surface area contributed by atoms with Gasteiger partial charge in [-0.3, -0.25) is 10.3 Å². The second-order valence-electron chi connectivity index (χ2n) is 6.60. The highest BCUT2D eigenvalue weighted by molar-refractivity contribution is 5.28. The van der Waals surface area contributed by atoms with Gasteiger partial charge in [0.1, 0.15) is 11.5 Å². The van der Waals surface area contributed by atoms with Crippen molar-refractivity contribution in [1.82, 2.24) is 10.3 Å². The summed E-state index contributed by atoms with van der Waals surface area (Å²) >= 11 is 0. The molecule has 0 amide bonds. The van der Waals surface area contributed by atoms with Crippen LogP contribution in [-0.4, -0.2) is 4.98 Å². The number of nitrogens with zero attached hydrogens (tertiary/aromatic N) is 1. The minimum Gasteiger partial charge on any atom is -0.464 e. The largest absolute Gasteiger partial charge is 0.464 e. The molecule has 0 bridgehead atoms. The van der Waals surface area contributed by atoms with Crippen LogP contribution in [0.4, 0.5) is 0 Å². The first-order chi connectivity index (χ1) is 11.8. The monoisotopic (exact) mass is 318 g/mol. The summed E-state index contributed by atoms with van der Waals surface area (Å²) in [5, 5.41) is 3.60. The summed E-state index contributed by atoms with van der Waals surface area (Å²) in [5.41, 5.74) is 2.23. The van der Waals surface area contributed by atoms with Crippen LogP contribution >= 0.6 is 0 Å². The van der Waals surface area contributed by atoms with E-state index in [1.165, 1.54) is 12.0 Å². The maximum atomic E-state index is 6.02. The molecule has 1 N–H and O–H groups in total. The molecule has 4 rings (SSSR count). The zero-order valence-corrected chi connectivity index (χ0v) is 13.9. The fourth-order valence-corrected chi connectivity index (χ4v) is 3.20. The number of aromatic nitrogens is 1. The number of hydrogen-bond acceptors (Lipinski definition) is 3. The van der Waals surface area contributed by atoms with Crippen molar-refractivity contribution in [3.8, 4) is 0 Å². The minimum atomic E-state index is 0.0563. The lowest BCUT2D eigenvalue weighted by molar-refractivity contribution is 0.433. The molecule has 3 aromatic rings. The van der Waals surface area contributed by atoms with Crippen LogP contribution in [0.25, 0.3) is 0 Å². The first-order valence-corrected chi connectivity index (χ1v) is 8.59. The number of pyridine rings is 1. The van der Waals surface area contributed by atoms with Gasteiger partial charge in [-0.25, -0.2) is 0 Å². The second-order valence-corrected chi connectivity index (χ2v) is 6.60. The summed E-state index contributed by atoms with van der Waals surface area (Å²) in [5.74, 6) is 3.51. The molecule has 0 radical (unpaired) electrons. The zero-order valence-electron chi connectivity index (χ0n) is 13.9. The summed E-state index contributed by atoms with van der Waals surface area (Å²) in [6.07, 6.45) is 3.09. The average Bonchev–Trinajstić information content (AvgIpc) is 3.18. The first-order valence-electron chi connectivity index (χ1n) is 8.59. The van der Waals surface area contributed by atoms with Gasteiger partial charge in [-0.15, -0.1) is 0 Å². The van der Waals surface area contributed by atoms with Gasteiger partial charge < -0.3 is 4.42 Å². The molecular formula is C21H22N2O. The Hall–Kier alpha value is -2.39. The third-order valence-corrected chi connectivity index (χ3v) is 4.75. The van der Waals surface area contributed by atoms with Gasteiger partial charge in [0.2, 0.25) is 0 Å². The van der Waals surface area contributed by atoms with Crippen LogP contribution in [0.15, 0.2) is 71.3 Å². The topological polar surface area (TPSA) is 38.1 Å². The van der Waals surface area contributed by atoms with E-state index in [0.717, 1.165) is 23.1 Å². The van der Waals surface area contributed by atoms with Crippen LogP contribution in [0.3, 0.4) is 0 Å². The van der Waals surface area contributed by atoms with Crippen LogP contribution in [0.1, 0.15) is 48.1 Å². The Labute approximate surface area is 142 Å². The van der Waals surface area contributed by atoms with Crippen molar-refractivity contribution in [1.29, 1.82) is 0 Å². The average molecular weight is 318 g/mol. The summed E-state index contributed by atoms with van der Waals surface area (Å²) in [7, 11) is 0. The van der Waals surface area contributed by atoms with Gasteiger partial charge in [0.15, 0.2) is 0 Å². The Morgan fingerprint density at radius 3 is 2.58 bits per heavy atom. The van der Waals surface area contributed by atoms with E-state index in [0.29, 0.717) is 12.5 Å². The zero-order chi connectivity index (χ0) is 16.4. The van der Waals surface area contributed by atoms with Crippen molar-refractivity contribution < 1.29 is 4.42 Å². The molecule has 1 aromatic carbocycles. The third-order valence-electron chi connectivity index (χ3n) is 4.75. The maximum Gasteiger partial charge on any atom is 0.117 e. The molecular weight excluding hydrogens is 296 g/mol. The lowest BCUT2D eigenvalue weighted by atomic mass is 10.0. The molecule has 3 atom stereocenters. The number of furan rings is 1. The SMILES string of the molecule is C[C@@H]1C[C@@H]1c1ccc(CN[C@@H](c2ccccc2)c2ccccn2)o1. The van der Waals surface area contributed by atoms with Gasteiger partial charge in [-0.1, -0.05) is 43.3 Å². The van der Waals surface area contributed by atoms with Crippen LogP contribution in [0.2, 0.25) is 0 Å². The van der Waals surface area contributed by atoms with Crippen molar-refractivity contribution in [2.75, 3.05) is 0 Å². The summed E-state index contributed by atoms with van der Waals surface area (Å²) in [6.45, 7) is 2.97. The van der Waals surface area contributed by atoms with E-state index < -0.39 is 0 Å². The molecule has 0 saturated heterocycles. The normalized spacial score (nSPS) is 20.7. The van der Waals surface area contributed by atoms with Crippen LogP contribution in [-0.2, 0) is 6.54 Å². The molecule has 1 saturated carbocycles. The van der Waals surface area contributed by atoms with Crippen LogP contribution in [0.5, 0.6) is 0 Å².